The van der Waals surface area contributed by atoms with Crippen molar-refractivity contribution in [2.45, 2.75) is 50.0 Å². The number of fused-ring (bicyclic) bond motifs is 8. The Bertz CT molecular complexity index is 1660. The van der Waals surface area contributed by atoms with E-state index in [0.717, 1.165) is 83.5 Å². The zero-order valence-corrected chi connectivity index (χ0v) is 29.3. The van der Waals surface area contributed by atoms with E-state index in [4.69, 9.17) is 9.47 Å². The van der Waals surface area contributed by atoms with E-state index in [2.05, 4.69) is 45.1 Å². The van der Waals surface area contributed by atoms with Gasteiger partial charge in [-0.2, -0.15) is 0 Å². The Kier molecular flexibility index (Phi) is 11.1. The zero-order valence-electron chi connectivity index (χ0n) is 28.3. The van der Waals surface area contributed by atoms with Crippen molar-refractivity contribution >= 4 is 21.8 Å². The third-order valence-corrected chi connectivity index (χ3v) is 11.6. The van der Waals surface area contributed by atoms with Crippen molar-refractivity contribution in [2.24, 2.45) is 23.7 Å². The van der Waals surface area contributed by atoms with Crippen molar-refractivity contribution in [1.29, 1.82) is 0 Å². The van der Waals surface area contributed by atoms with Crippen LogP contribution in [0.1, 0.15) is 49.0 Å². The fourth-order valence-electron chi connectivity index (χ4n) is 8.84. The van der Waals surface area contributed by atoms with E-state index < -0.39 is 12.2 Å². The largest absolute Gasteiger partial charge is 2.00 e. The first kappa shape index (κ1) is 35.5. The van der Waals surface area contributed by atoms with E-state index in [0.29, 0.717) is 23.7 Å². The summed E-state index contributed by atoms with van der Waals surface area (Å²) in [5.74, 6) is 3.82. The van der Waals surface area contributed by atoms with Crippen LogP contribution in [0.5, 0.6) is 11.5 Å². The Balaban J connectivity index is 0.000000167. The molecule has 10 unspecified atom stereocenters. The Labute approximate surface area is 300 Å². The number of hydrogen-bond acceptors (Lipinski definition) is 8. The molecule has 6 fully saturated rings. The summed E-state index contributed by atoms with van der Waals surface area (Å²) >= 11 is 0. The summed E-state index contributed by atoms with van der Waals surface area (Å²) < 4.78 is 10.7. The van der Waals surface area contributed by atoms with Crippen LogP contribution in [0, 0.1) is 23.7 Å². The fraction of sp³-hybridized carbons (Fsp3) is 0.450. The normalized spacial score (nSPS) is 29.6. The van der Waals surface area contributed by atoms with Crippen molar-refractivity contribution in [3.05, 3.63) is 97.4 Å². The first-order valence-corrected chi connectivity index (χ1v) is 17.3. The Morgan fingerprint density at radius 3 is 1.49 bits per heavy atom. The van der Waals surface area contributed by atoms with Gasteiger partial charge in [-0.3, -0.25) is 9.97 Å². The van der Waals surface area contributed by atoms with Crippen LogP contribution in [0.2, 0.25) is 0 Å². The van der Waals surface area contributed by atoms with Gasteiger partial charge >= 0.3 is 17.1 Å². The molecule has 4 aromatic rings. The van der Waals surface area contributed by atoms with Gasteiger partial charge in [-0.15, -0.1) is 13.2 Å². The van der Waals surface area contributed by atoms with Gasteiger partial charge in [0.05, 0.1) is 25.3 Å². The van der Waals surface area contributed by atoms with Crippen molar-refractivity contribution in [2.75, 3.05) is 40.4 Å². The van der Waals surface area contributed by atoms with Crippen LogP contribution in [0.25, 0.3) is 21.8 Å². The van der Waals surface area contributed by atoms with Gasteiger partial charge in [-0.25, -0.2) is 0 Å². The monoisotopic (exact) mass is 709 g/mol. The first-order valence-electron chi connectivity index (χ1n) is 17.3. The predicted molar refractivity (Wildman–Crippen MR) is 186 cm³/mol. The van der Waals surface area contributed by atoms with E-state index in [-0.39, 0.29) is 29.2 Å². The number of pyridine rings is 2. The molecule has 10 rings (SSSR count). The summed E-state index contributed by atoms with van der Waals surface area (Å²) in [6, 6.07) is 15.4. The number of nitrogens with zero attached hydrogens (tertiary/aromatic N) is 4. The van der Waals surface area contributed by atoms with Crippen LogP contribution in [0.4, 0.5) is 0 Å². The number of rotatable bonds is 8. The first-order chi connectivity index (χ1) is 23.4. The summed E-state index contributed by atoms with van der Waals surface area (Å²) in [7, 11) is 3.29. The van der Waals surface area contributed by atoms with Crippen molar-refractivity contribution in [3.63, 3.8) is 0 Å². The smallest absolute Gasteiger partial charge is 0.847 e. The molecule has 0 N–H and O–H groups in total. The van der Waals surface area contributed by atoms with Crippen LogP contribution in [-0.4, -0.2) is 72.3 Å². The van der Waals surface area contributed by atoms with E-state index in [1.807, 2.05) is 48.5 Å². The molecule has 8 nitrogen and oxygen atoms in total. The number of ether oxygens (including phenoxy) is 2. The zero-order chi connectivity index (χ0) is 33.4. The number of piperidine rings is 6. The number of methoxy groups -OCH3 is 2. The van der Waals surface area contributed by atoms with Crippen LogP contribution >= 0.6 is 0 Å². The number of hydrogen-bond donors (Lipinski definition) is 0. The van der Waals surface area contributed by atoms with Crippen molar-refractivity contribution in [3.8, 4) is 11.5 Å². The molecule has 2 aromatic carbocycles. The van der Waals surface area contributed by atoms with Gasteiger partial charge in [0.2, 0.25) is 0 Å². The molecule has 49 heavy (non-hydrogen) atoms. The molecule has 10 atom stereocenters. The molecule has 6 aliphatic rings. The molecule has 1 radical (unpaired) electrons. The Morgan fingerprint density at radius 1 is 0.714 bits per heavy atom. The maximum Gasteiger partial charge on any atom is 2.00 e. The number of aromatic nitrogens is 2. The van der Waals surface area contributed by atoms with E-state index in [9.17, 15) is 10.2 Å². The molecule has 0 amide bonds. The summed E-state index contributed by atoms with van der Waals surface area (Å²) in [5, 5.41) is 28.5. The Morgan fingerprint density at radius 2 is 1.14 bits per heavy atom. The standard InChI is InChI=1S/2C20H23N2O2.Cu/c2*1-3-13-12-22-9-7-14(13)10-19(22)20(23)16-6-8-21-18-5-4-15(24-2)11-17(16)18;/h2*3-6,8,11,13-14,19-20H,1,7,9-10,12H2,2H3;/q2*-1;+2. The second kappa shape index (κ2) is 15.3. The molecular weight excluding hydrogens is 664 g/mol. The van der Waals surface area contributed by atoms with Crippen LogP contribution in [0.15, 0.2) is 86.2 Å². The third-order valence-electron chi connectivity index (χ3n) is 11.6. The van der Waals surface area contributed by atoms with Gasteiger partial charge in [0.25, 0.3) is 0 Å². The minimum atomic E-state index is -0.754. The summed E-state index contributed by atoms with van der Waals surface area (Å²) in [6.07, 6.45) is 10.4. The van der Waals surface area contributed by atoms with Gasteiger partial charge < -0.3 is 29.5 Å². The molecule has 2 aromatic heterocycles. The second-order valence-corrected chi connectivity index (χ2v) is 13.9. The minimum absolute atomic E-state index is 0. The predicted octanol–water partition coefficient (Wildman–Crippen LogP) is 5.08. The van der Waals surface area contributed by atoms with Gasteiger partial charge in [0.1, 0.15) is 11.5 Å². The van der Waals surface area contributed by atoms with Crippen LogP contribution in [-0.2, 0) is 17.1 Å². The summed E-state index contributed by atoms with van der Waals surface area (Å²) in [6.45, 7) is 11.9. The topological polar surface area (TPSA) is 96.8 Å². The average Bonchev–Trinajstić information content (AvgIpc) is 3.16. The molecule has 0 aliphatic carbocycles. The molecule has 0 spiro atoms. The summed E-state index contributed by atoms with van der Waals surface area (Å²) in [5.41, 5.74) is 3.39. The molecule has 6 saturated heterocycles. The maximum atomic E-state index is 13.3. The van der Waals surface area contributed by atoms with Gasteiger partial charge in [-0.05, 0) is 122 Å². The molecule has 6 aliphatic heterocycles. The van der Waals surface area contributed by atoms with Gasteiger partial charge in [0.15, 0.2) is 0 Å². The van der Waals surface area contributed by atoms with Crippen molar-refractivity contribution in [1.82, 2.24) is 19.8 Å². The second-order valence-electron chi connectivity index (χ2n) is 13.9. The van der Waals surface area contributed by atoms with E-state index >= 15 is 0 Å². The van der Waals surface area contributed by atoms with E-state index in [1.165, 1.54) is 12.8 Å². The molecule has 0 saturated carbocycles. The molecule has 8 heterocycles. The average molecular weight is 710 g/mol. The minimum Gasteiger partial charge on any atom is -0.847 e. The molecular formula is C40H46CuN4O4. The van der Waals surface area contributed by atoms with Crippen molar-refractivity contribution < 1.29 is 36.8 Å². The van der Waals surface area contributed by atoms with Crippen LogP contribution in [0.3, 0.4) is 0 Å². The Hall–Kier alpha value is -3.30. The SMILES string of the molecule is C=CC1CN2CCC1CC2C([O-])c1ccnc2ccc(OC)cc12.C=CC1CN2CCC1CC2C([O-])c1ccnc2ccc(OC)cc12.[Cu+2]. The molecule has 9 heteroatoms. The maximum absolute atomic E-state index is 13.3. The van der Waals surface area contributed by atoms with E-state index in [1.54, 1.807) is 26.6 Å². The van der Waals surface area contributed by atoms with Gasteiger partial charge in [-0.1, -0.05) is 24.4 Å². The molecule has 4 bridgehead atoms. The third kappa shape index (κ3) is 6.90. The quantitative estimate of drug-likeness (QED) is 0.185. The molecule has 261 valence electrons. The van der Waals surface area contributed by atoms with Crippen LogP contribution < -0.4 is 19.7 Å². The summed E-state index contributed by atoms with van der Waals surface area (Å²) in [4.78, 5) is 13.5. The number of benzene rings is 2. The fourth-order valence-corrected chi connectivity index (χ4v) is 8.84. The van der Waals surface area contributed by atoms with Gasteiger partial charge in [0, 0.05) is 48.3 Å².